The van der Waals surface area contributed by atoms with Gasteiger partial charge >= 0.3 is 0 Å². The average Bonchev–Trinajstić information content (AvgIpc) is 2.66. The fourth-order valence-corrected chi connectivity index (χ4v) is 5.42. The highest BCUT2D eigenvalue weighted by Gasteiger charge is 2.32. The van der Waals surface area contributed by atoms with E-state index in [1.54, 1.807) is 23.9 Å². The minimum Gasteiger partial charge on any atom is -0.332 e. The van der Waals surface area contributed by atoms with Crippen LogP contribution in [0.3, 0.4) is 0 Å². The van der Waals surface area contributed by atoms with E-state index in [-0.39, 0.29) is 18.9 Å². The van der Waals surface area contributed by atoms with E-state index in [4.69, 9.17) is 0 Å². The van der Waals surface area contributed by atoms with Crippen molar-refractivity contribution in [1.29, 1.82) is 0 Å². The first-order valence-electron chi connectivity index (χ1n) is 8.53. The summed E-state index contributed by atoms with van der Waals surface area (Å²) in [7, 11) is -4.04. The zero-order valence-electron chi connectivity index (χ0n) is 14.5. The van der Waals surface area contributed by atoms with E-state index >= 15 is 0 Å². The van der Waals surface area contributed by atoms with Crippen molar-refractivity contribution in [3.63, 3.8) is 0 Å². The van der Waals surface area contributed by atoms with E-state index < -0.39 is 26.6 Å². The summed E-state index contributed by atoms with van der Waals surface area (Å²) >= 11 is 1.62. The van der Waals surface area contributed by atoms with Crippen molar-refractivity contribution in [2.45, 2.75) is 9.79 Å². The Morgan fingerprint density at radius 3 is 2.26 bits per heavy atom. The van der Waals surface area contributed by atoms with Crippen LogP contribution in [-0.2, 0) is 10.0 Å². The SMILES string of the molecule is O=S(=O)(c1cc(F)ccc1F)N1CC[NH+](CCSc2ccc(F)cc2)CC1. The van der Waals surface area contributed by atoms with Crippen molar-refractivity contribution in [3.05, 3.63) is 59.9 Å². The first-order chi connectivity index (χ1) is 12.9. The summed E-state index contributed by atoms with van der Waals surface area (Å²) in [6.45, 7) is 2.55. The van der Waals surface area contributed by atoms with Gasteiger partial charge in [-0.2, -0.15) is 4.31 Å². The van der Waals surface area contributed by atoms with Gasteiger partial charge < -0.3 is 4.90 Å². The predicted molar refractivity (Wildman–Crippen MR) is 97.8 cm³/mol. The van der Waals surface area contributed by atoms with Gasteiger partial charge in [-0.05, 0) is 42.5 Å². The van der Waals surface area contributed by atoms with E-state index in [9.17, 15) is 21.6 Å². The van der Waals surface area contributed by atoms with Gasteiger partial charge in [0.1, 0.15) is 22.3 Å². The van der Waals surface area contributed by atoms with Crippen LogP contribution in [0.5, 0.6) is 0 Å². The largest absolute Gasteiger partial charge is 0.332 e. The molecule has 2 aromatic carbocycles. The standard InChI is InChI=1S/C18H19F3N2O2S2/c19-14-1-4-16(5-2-14)26-12-11-22-7-9-23(10-8-22)27(24,25)18-13-15(20)3-6-17(18)21/h1-6,13H,7-12H2/p+1. The van der Waals surface area contributed by atoms with E-state index in [1.165, 1.54) is 21.3 Å². The van der Waals surface area contributed by atoms with E-state index in [0.29, 0.717) is 13.1 Å². The van der Waals surface area contributed by atoms with Crippen LogP contribution in [0, 0.1) is 17.5 Å². The van der Waals surface area contributed by atoms with Crippen LogP contribution >= 0.6 is 11.8 Å². The quantitative estimate of drug-likeness (QED) is 0.729. The Hall–Kier alpha value is -1.55. The van der Waals surface area contributed by atoms with Crippen LogP contribution in [0.25, 0.3) is 0 Å². The maximum absolute atomic E-state index is 13.8. The van der Waals surface area contributed by atoms with Gasteiger partial charge in [0.15, 0.2) is 0 Å². The summed E-state index contributed by atoms with van der Waals surface area (Å²) in [5.41, 5.74) is 0. The maximum Gasteiger partial charge on any atom is 0.246 e. The molecule has 0 bridgehead atoms. The second kappa shape index (κ2) is 8.64. The van der Waals surface area contributed by atoms with Crippen LogP contribution < -0.4 is 4.90 Å². The van der Waals surface area contributed by atoms with Crippen LogP contribution in [0.1, 0.15) is 0 Å². The molecule has 3 rings (SSSR count). The van der Waals surface area contributed by atoms with E-state index in [0.717, 1.165) is 35.4 Å². The van der Waals surface area contributed by atoms with Gasteiger partial charge in [0, 0.05) is 10.6 Å². The molecule has 146 valence electrons. The lowest BCUT2D eigenvalue weighted by Gasteiger charge is -2.31. The number of halogens is 3. The second-order valence-electron chi connectivity index (χ2n) is 6.28. The molecule has 1 heterocycles. The van der Waals surface area contributed by atoms with Crippen LogP contribution in [0.4, 0.5) is 13.2 Å². The Morgan fingerprint density at radius 1 is 0.963 bits per heavy atom. The van der Waals surface area contributed by atoms with Gasteiger partial charge in [-0.25, -0.2) is 21.6 Å². The maximum atomic E-state index is 13.8. The predicted octanol–water partition coefficient (Wildman–Crippen LogP) is 1.79. The number of benzene rings is 2. The van der Waals surface area contributed by atoms with Gasteiger partial charge in [-0.1, -0.05) is 0 Å². The van der Waals surface area contributed by atoms with Crippen molar-refractivity contribution in [3.8, 4) is 0 Å². The minimum atomic E-state index is -4.04. The number of hydrogen-bond donors (Lipinski definition) is 1. The molecule has 27 heavy (non-hydrogen) atoms. The smallest absolute Gasteiger partial charge is 0.246 e. The molecule has 0 atom stereocenters. The zero-order chi connectivity index (χ0) is 19.4. The Bertz CT molecular complexity index is 884. The monoisotopic (exact) mass is 417 g/mol. The number of sulfonamides is 1. The lowest BCUT2D eigenvalue weighted by atomic mass is 10.3. The normalized spacial score (nSPS) is 16.6. The number of nitrogens with zero attached hydrogens (tertiary/aromatic N) is 1. The zero-order valence-corrected chi connectivity index (χ0v) is 16.1. The molecular weight excluding hydrogens is 397 g/mol. The van der Waals surface area contributed by atoms with Gasteiger partial charge in [-0.15, -0.1) is 11.8 Å². The van der Waals surface area contributed by atoms with E-state index in [2.05, 4.69) is 0 Å². The topological polar surface area (TPSA) is 41.8 Å². The first-order valence-corrected chi connectivity index (χ1v) is 11.0. The molecule has 2 aromatic rings. The highest BCUT2D eigenvalue weighted by atomic mass is 32.2. The van der Waals surface area contributed by atoms with Crippen LogP contribution in [0.2, 0.25) is 0 Å². The summed E-state index contributed by atoms with van der Waals surface area (Å²) in [6.07, 6.45) is 0. The number of thioether (sulfide) groups is 1. The van der Waals surface area contributed by atoms with Crippen molar-refractivity contribution >= 4 is 21.8 Å². The second-order valence-corrected chi connectivity index (χ2v) is 9.36. The fraction of sp³-hybridized carbons (Fsp3) is 0.333. The molecule has 0 saturated carbocycles. The molecule has 0 spiro atoms. The molecule has 0 amide bonds. The summed E-state index contributed by atoms with van der Waals surface area (Å²) in [6, 6.07) is 8.75. The van der Waals surface area contributed by atoms with Gasteiger partial charge in [0.2, 0.25) is 10.0 Å². The average molecular weight is 417 g/mol. The summed E-state index contributed by atoms with van der Waals surface area (Å²) < 4.78 is 66.4. The number of nitrogens with one attached hydrogen (secondary N) is 1. The third-order valence-electron chi connectivity index (χ3n) is 4.48. The Kier molecular flexibility index (Phi) is 6.46. The summed E-state index contributed by atoms with van der Waals surface area (Å²) in [5, 5.41) is 0. The number of quaternary nitrogens is 1. The lowest BCUT2D eigenvalue weighted by Crippen LogP contribution is -3.15. The van der Waals surface area contributed by atoms with Gasteiger partial charge in [0.25, 0.3) is 0 Å². The van der Waals surface area contributed by atoms with Crippen molar-refractivity contribution in [1.82, 2.24) is 4.31 Å². The van der Waals surface area contributed by atoms with Crippen molar-refractivity contribution < 1.29 is 26.5 Å². The Morgan fingerprint density at radius 2 is 1.59 bits per heavy atom. The highest BCUT2D eigenvalue weighted by Crippen LogP contribution is 2.20. The number of piperazine rings is 1. The van der Waals surface area contributed by atoms with Crippen molar-refractivity contribution in [2.75, 3.05) is 38.5 Å². The van der Waals surface area contributed by atoms with E-state index in [1.807, 2.05) is 0 Å². The molecule has 4 nitrogen and oxygen atoms in total. The molecule has 1 aliphatic rings. The molecule has 1 saturated heterocycles. The molecule has 1 N–H and O–H groups in total. The third-order valence-corrected chi connectivity index (χ3v) is 7.41. The molecule has 1 fully saturated rings. The molecule has 0 radical (unpaired) electrons. The molecule has 1 aliphatic heterocycles. The van der Waals surface area contributed by atoms with Crippen molar-refractivity contribution in [2.24, 2.45) is 0 Å². The molecule has 0 unspecified atom stereocenters. The molecule has 9 heteroatoms. The third kappa shape index (κ3) is 5.04. The number of rotatable bonds is 6. The van der Waals surface area contributed by atoms with Gasteiger partial charge in [0.05, 0.1) is 32.7 Å². The molecular formula is C18H20F3N2O2S2+. The summed E-state index contributed by atoms with van der Waals surface area (Å²) in [5.74, 6) is -1.16. The molecule has 0 aromatic heterocycles. The summed E-state index contributed by atoms with van der Waals surface area (Å²) in [4.78, 5) is 1.62. The first kappa shape index (κ1) is 20.2. The highest BCUT2D eigenvalue weighted by molar-refractivity contribution is 7.99. The minimum absolute atomic E-state index is 0.259. The molecule has 0 aliphatic carbocycles. The Balaban J connectivity index is 1.52. The van der Waals surface area contributed by atoms with Gasteiger partial charge in [-0.3, -0.25) is 0 Å². The van der Waals surface area contributed by atoms with Crippen LogP contribution in [0.15, 0.2) is 52.3 Å². The van der Waals surface area contributed by atoms with Crippen LogP contribution in [-0.4, -0.2) is 51.2 Å². The fourth-order valence-electron chi connectivity index (χ4n) is 2.95. The lowest BCUT2D eigenvalue weighted by molar-refractivity contribution is -0.901. The number of hydrogen-bond acceptors (Lipinski definition) is 3. The Labute approximate surface area is 161 Å².